The van der Waals surface area contributed by atoms with E-state index in [1.54, 1.807) is 0 Å². The van der Waals surface area contributed by atoms with Crippen LogP contribution in [-0.2, 0) is 11.2 Å². The minimum absolute atomic E-state index is 0.166. The van der Waals surface area contributed by atoms with Crippen molar-refractivity contribution >= 4 is 11.9 Å². The van der Waals surface area contributed by atoms with Crippen molar-refractivity contribution in [3.63, 3.8) is 0 Å². The number of hydrogen-bond donors (Lipinski definition) is 3. The predicted molar refractivity (Wildman–Crippen MR) is 66.8 cm³/mol. The first-order chi connectivity index (χ1) is 9.60. The lowest BCUT2D eigenvalue weighted by Crippen LogP contribution is -2.27. The van der Waals surface area contributed by atoms with E-state index in [2.05, 4.69) is 5.32 Å². The zero-order valence-corrected chi connectivity index (χ0v) is 11.1. The molecular weight excluding hydrogens is 291 g/mol. The first-order valence-corrected chi connectivity index (χ1v) is 5.95. The number of carbonyl (C=O) groups is 2. The quantitative estimate of drug-likeness (QED) is 0.772. The van der Waals surface area contributed by atoms with E-state index in [1.807, 2.05) is 0 Å². The summed E-state index contributed by atoms with van der Waals surface area (Å²) in [5.41, 5.74) is -0.635. The van der Waals surface area contributed by atoms with Gasteiger partial charge in [-0.15, -0.1) is 0 Å². The molecule has 0 aliphatic rings. The fourth-order valence-electron chi connectivity index (χ4n) is 1.77. The molecule has 0 saturated carbocycles. The first kappa shape index (κ1) is 17.0. The molecule has 116 valence electrons. The summed E-state index contributed by atoms with van der Waals surface area (Å²) in [5.74, 6) is -1.78. The highest BCUT2D eigenvalue weighted by atomic mass is 19.4. The molecule has 0 aliphatic heterocycles. The summed E-state index contributed by atoms with van der Waals surface area (Å²) >= 11 is 0. The van der Waals surface area contributed by atoms with Crippen LogP contribution in [0.2, 0.25) is 0 Å². The van der Waals surface area contributed by atoms with Crippen LogP contribution in [0.3, 0.4) is 0 Å². The smallest absolute Gasteiger partial charge is 0.393 e. The van der Waals surface area contributed by atoms with Crippen molar-refractivity contribution in [2.75, 3.05) is 6.54 Å². The number of alkyl halides is 3. The Hall–Kier alpha value is -2.09. The second-order valence-corrected chi connectivity index (χ2v) is 4.46. The Kier molecular flexibility index (Phi) is 5.31. The predicted octanol–water partition coefficient (Wildman–Crippen LogP) is 1.66. The maximum atomic E-state index is 12.5. The molecule has 21 heavy (non-hydrogen) atoms. The van der Waals surface area contributed by atoms with Gasteiger partial charge < -0.3 is 15.5 Å². The molecular formula is C13H14F3NO4. The number of aliphatic hydroxyl groups excluding tert-OH is 1. The summed E-state index contributed by atoms with van der Waals surface area (Å²) in [7, 11) is 0. The Morgan fingerprint density at radius 2 is 1.95 bits per heavy atom. The fraction of sp³-hybridized carbons (Fsp3) is 0.385. The molecule has 0 heterocycles. The number of aromatic carboxylic acids is 1. The standard InChI is InChI=1S/C13H14F3NO4/c1-7(18)17-6-11(19)10-4-8(12(20)21)2-3-9(10)5-13(14,15)16/h2-4,11,19H,5-6H2,1H3,(H,17,18)(H,20,21). The van der Waals surface area contributed by atoms with E-state index in [1.165, 1.54) is 6.92 Å². The van der Waals surface area contributed by atoms with Crippen LogP contribution in [0.1, 0.15) is 34.5 Å². The Morgan fingerprint density at radius 3 is 2.43 bits per heavy atom. The molecule has 0 aromatic heterocycles. The number of carboxylic acid groups (broad SMARTS) is 1. The van der Waals surface area contributed by atoms with Crippen LogP contribution in [0.5, 0.6) is 0 Å². The Labute approximate surface area is 118 Å². The van der Waals surface area contributed by atoms with Gasteiger partial charge in [-0.05, 0) is 23.3 Å². The van der Waals surface area contributed by atoms with Crippen molar-refractivity contribution in [3.05, 3.63) is 34.9 Å². The molecule has 1 rings (SSSR count). The van der Waals surface area contributed by atoms with Crippen molar-refractivity contribution in [1.29, 1.82) is 0 Å². The minimum Gasteiger partial charge on any atom is -0.478 e. The van der Waals surface area contributed by atoms with Gasteiger partial charge in [0, 0.05) is 13.5 Å². The normalized spacial score (nSPS) is 12.8. The van der Waals surface area contributed by atoms with Gasteiger partial charge in [0.05, 0.1) is 18.1 Å². The van der Waals surface area contributed by atoms with E-state index in [-0.39, 0.29) is 23.2 Å². The highest BCUT2D eigenvalue weighted by Crippen LogP contribution is 2.27. The van der Waals surface area contributed by atoms with Crippen LogP contribution in [0.4, 0.5) is 13.2 Å². The molecule has 1 aromatic rings. The van der Waals surface area contributed by atoms with Crippen LogP contribution in [0, 0.1) is 0 Å². The second kappa shape index (κ2) is 6.57. The van der Waals surface area contributed by atoms with E-state index in [4.69, 9.17) is 5.11 Å². The van der Waals surface area contributed by atoms with Crippen molar-refractivity contribution in [1.82, 2.24) is 5.32 Å². The molecule has 0 radical (unpaired) electrons. The van der Waals surface area contributed by atoms with Gasteiger partial charge in [-0.1, -0.05) is 6.07 Å². The number of carboxylic acids is 1. The van der Waals surface area contributed by atoms with E-state index in [9.17, 15) is 27.9 Å². The van der Waals surface area contributed by atoms with E-state index >= 15 is 0 Å². The maximum absolute atomic E-state index is 12.5. The summed E-state index contributed by atoms with van der Waals surface area (Å²) in [6.45, 7) is 0.889. The van der Waals surface area contributed by atoms with Crippen molar-refractivity contribution in [2.24, 2.45) is 0 Å². The van der Waals surface area contributed by atoms with Crippen molar-refractivity contribution in [2.45, 2.75) is 25.6 Å². The SMILES string of the molecule is CC(=O)NCC(O)c1cc(C(=O)O)ccc1CC(F)(F)F. The maximum Gasteiger partial charge on any atom is 0.393 e. The van der Waals surface area contributed by atoms with Crippen LogP contribution in [0.15, 0.2) is 18.2 Å². The molecule has 0 spiro atoms. The molecule has 0 aliphatic carbocycles. The number of hydrogen-bond acceptors (Lipinski definition) is 3. The molecule has 0 fully saturated rings. The number of benzene rings is 1. The third kappa shape index (κ3) is 5.42. The molecule has 3 N–H and O–H groups in total. The lowest BCUT2D eigenvalue weighted by Gasteiger charge is -2.17. The first-order valence-electron chi connectivity index (χ1n) is 5.95. The zero-order chi connectivity index (χ0) is 16.2. The summed E-state index contributed by atoms with van der Waals surface area (Å²) in [6.07, 6.45) is -7.21. The Bertz CT molecular complexity index is 543. The Balaban J connectivity index is 3.12. The Morgan fingerprint density at radius 1 is 1.33 bits per heavy atom. The van der Waals surface area contributed by atoms with Gasteiger partial charge in [0.15, 0.2) is 0 Å². The third-order valence-corrected chi connectivity index (χ3v) is 2.69. The van der Waals surface area contributed by atoms with E-state index < -0.39 is 30.6 Å². The number of rotatable bonds is 5. The number of amides is 1. The molecule has 1 atom stereocenters. The van der Waals surface area contributed by atoms with Gasteiger partial charge in [0.1, 0.15) is 0 Å². The molecule has 1 amide bonds. The average Bonchev–Trinajstić information content (AvgIpc) is 2.34. The summed E-state index contributed by atoms with van der Waals surface area (Å²) < 4.78 is 37.5. The monoisotopic (exact) mass is 305 g/mol. The van der Waals surface area contributed by atoms with Gasteiger partial charge in [-0.2, -0.15) is 13.2 Å². The van der Waals surface area contributed by atoms with E-state index in [0.29, 0.717) is 0 Å². The highest BCUT2D eigenvalue weighted by molar-refractivity contribution is 5.88. The number of aliphatic hydroxyl groups is 1. The summed E-state index contributed by atoms with van der Waals surface area (Å²) in [5, 5.41) is 21.0. The average molecular weight is 305 g/mol. The fourth-order valence-corrected chi connectivity index (χ4v) is 1.77. The largest absolute Gasteiger partial charge is 0.478 e. The number of halogens is 3. The van der Waals surface area contributed by atoms with E-state index in [0.717, 1.165) is 18.2 Å². The molecule has 1 unspecified atom stereocenters. The minimum atomic E-state index is -4.49. The van der Waals surface area contributed by atoms with Gasteiger partial charge in [0.2, 0.25) is 5.91 Å². The summed E-state index contributed by atoms with van der Waals surface area (Å²) in [6, 6.07) is 3.04. The van der Waals surface area contributed by atoms with Gasteiger partial charge in [-0.25, -0.2) is 4.79 Å². The highest BCUT2D eigenvalue weighted by Gasteiger charge is 2.30. The van der Waals surface area contributed by atoms with Crippen molar-refractivity contribution in [3.8, 4) is 0 Å². The lowest BCUT2D eigenvalue weighted by atomic mass is 9.97. The van der Waals surface area contributed by atoms with Crippen LogP contribution in [0.25, 0.3) is 0 Å². The molecule has 5 nitrogen and oxygen atoms in total. The van der Waals surface area contributed by atoms with Crippen LogP contribution >= 0.6 is 0 Å². The molecule has 0 bridgehead atoms. The lowest BCUT2D eigenvalue weighted by molar-refractivity contribution is -0.127. The van der Waals surface area contributed by atoms with Gasteiger partial charge in [0.25, 0.3) is 0 Å². The molecule has 0 saturated heterocycles. The van der Waals surface area contributed by atoms with Crippen molar-refractivity contribution < 1.29 is 33.0 Å². The second-order valence-electron chi connectivity index (χ2n) is 4.46. The topological polar surface area (TPSA) is 86.6 Å². The van der Waals surface area contributed by atoms with Crippen LogP contribution < -0.4 is 5.32 Å². The summed E-state index contributed by atoms with van der Waals surface area (Å²) in [4.78, 5) is 21.6. The molecule has 8 heteroatoms. The number of carbonyl (C=O) groups excluding carboxylic acids is 1. The van der Waals surface area contributed by atoms with Crippen LogP contribution in [-0.4, -0.2) is 34.8 Å². The van der Waals surface area contributed by atoms with Gasteiger partial charge >= 0.3 is 12.1 Å². The third-order valence-electron chi connectivity index (χ3n) is 2.69. The number of nitrogens with one attached hydrogen (secondary N) is 1. The van der Waals surface area contributed by atoms with Gasteiger partial charge in [-0.3, -0.25) is 4.79 Å². The molecule has 1 aromatic carbocycles. The zero-order valence-electron chi connectivity index (χ0n) is 11.1.